The average molecular weight is 270 g/mol. The molecule has 0 aromatic heterocycles. The van der Waals surface area contributed by atoms with Gasteiger partial charge in [-0.25, -0.2) is 0 Å². The molecule has 5 nitrogen and oxygen atoms in total. The smallest absolute Gasteiger partial charge is 0.311 e. The van der Waals surface area contributed by atoms with Crippen LogP contribution >= 0.6 is 0 Å². The lowest BCUT2D eigenvalue weighted by molar-refractivity contribution is -0.151. The SMILES string of the molecule is CC(C)CNC(=O)CN1CCC(C(=O)O)(C(C)C)C1. The highest BCUT2D eigenvalue weighted by Crippen LogP contribution is 2.37. The number of hydrogen-bond donors (Lipinski definition) is 2. The Morgan fingerprint density at radius 3 is 2.37 bits per heavy atom. The first kappa shape index (κ1) is 16.0. The number of carboxylic acid groups (broad SMARTS) is 1. The van der Waals surface area contributed by atoms with Crippen LogP contribution < -0.4 is 5.32 Å². The fourth-order valence-corrected chi connectivity index (χ4v) is 2.52. The van der Waals surface area contributed by atoms with Crippen LogP contribution in [0.4, 0.5) is 0 Å². The van der Waals surface area contributed by atoms with Crippen molar-refractivity contribution in [3.8, 4) is 0 Å². The largest absolute Gasteiger partial charge is 0.481 e. The summed E-state index contributed by atoms with van der Waals surface area (Å²) in [6.45, 7) is 10.1. The minimum atomic E-state index is -0.743. The molecule has 0 aliphatic carbocycles. The van der Waals surface area contributed by atoms with Gasteiger partial charge in [0.1, 0.15) is 0 Å². The van der Waals surface area contributed by atoms with E-state index in [0.29, 0.717) is 38.5 Å². The Labute approximate surface area is 115 Å². The number of carbonyl (C=O) groups is 2. The second kappa shape index (κ2) is 6.37. The third kappa shape index (κ3) is 3.93. The standard InChI is InChI=1S/C14H26N2O3/c1-10(2)7-15-12(17)8-16-6-5-14(9-16,11(3)4)13(18)19/h10-11H,5-9H2,1-4H3,(H,15,17)(H,18,19). The lowest BCUT2D eigenvalue weighted by Gasteiger charge is -2.28. The molecular weight excluding hydrogens is 244 g/mol. The van der Waals surface area contributed by atoms with E-state index in [0.717, 1.165) is 0 Å². The Morgan fingerprint density at radius 1 is 1.32 bits per heavy atom. The Hall–Kier alpha value is -1.10. The number of amides is 1. The van der Waals surface area contributed by atoms with Crippen molar-refractivity contribution < 1.29 is 14.7 Å². The van der Waals surface area contributed by atoms with Gasteiger partial charge in [0.15, 0.2) is 0 Å². The molecular formula is C14H26N2O3. The van der Waals surface area contributed by atoms with E-state index < -0.39 is 11.4 Å². The number of likely N-dealkylation sites (tertiary alicyclic amines) is 1. The van der Waals surface area contributed by atoms with Crippen LogP contribution in [-0.4, -0.2) is 48.1 Å². The number of nitrogens with zero attached hydrogens (tertiary/aromatic N) is 1. The van der Waals surface area contributed by atoms with Crippen LogP contribution in [0.25, 0.3) is 0 Å². The highest BCUT2D eigenvalue weighted by atomic mass is 16.4. The van der Waals surface area contributed by atoms with Gasteiger partial charge in [0, 0.05) is 13.1 Å². The molecule has 1 unspecified atom stereocenters. The minimum Gasteiger partial charge on any atom is -0.481 e. The number of nitrogens with one attached hydrogen (secondary N) is 1. The van der Waals surface area contributed by atoms with Crippen LogP contribution in [0, 0.1) is 17.3 Å². The van der Waals surface area contributed by atoms with Crippen molar-refractivity contribution in [2.24, 2.45) is 17.3 Å². The van der Waals surface area contributed by atoms with E-state index in [4.69, 9.17) is 0 Å². The van der Waals surface area contributed by atoms with Crippen LogP contribution in [0.15, 0.2) is 0 Å². The second-order valence-electron chi connectivity index (χ2n) is 6.27. The fraction of sp³-hybridized carbons (Fsp3) is 0.857. The first-order valence-electron chi connectivity index (χ1n) is 7.00. The lowest BCUT2D eigenvalue weighted by atomic mass is 9.76. The van der Waals surface area contributed by atoms with Crippen molar-refractivity contribution in [3.63, 3.8) is 0 Å². The van der Waals surface area contributed by atoms with Gasteiger partial charge in [0.05, 0.1) is 12.0 Å². The predicted molar refractivity (Wildman–Crippen MR) is 73.8 cm³/mol. The van der Waals surface area contributed by atoms with E-state index in [1.165, 1.54) is 0 Å². The van der Waals surface area contributed by atoms with Gasteiger partial charge < -0.3 is 10.4 Å². The molecule has 2 N–H and O–H groups in total. The van der Waals surface area contributed by atoms with Crippen LogP contribution in [0.2, 0.25) is 0 Å². The van der Waals surface area contributed by atoms with Crippen LogP contribution in [-0.2, 0) is 9.59 Å². The summed E-state index contributed by atoms with van der Waals surface area (Å²) in [6, 6.07) is 0. The van der Waals surface area contributed by atoms with Crippen molar-refractivity contribution >= 4 is 11.9 Å². The van der Waals surface area contributed by atoms with E-state index in [1.54, 1.807) is 0 Å². The minimum absolute atomic E-state index is 0.0151. The summed E-state index contributed by atoms with van der Waals surface area (Å²) >= 11 is 0. The number of carboxylic acids is 1. The summed E-state index contributed by atoms with van der Waals surface area (Å²) in [6.07, 6.45) is 0.622. The molecule has 1 rings (SSSR count). The second-order valence-corrected chi connectivity index (χ2v) is 6.27. The summed E-state index contributed by atoms with van der Waals surface area (Å²) < 4.78 is 0. The van der Waals surface area contributed by atoms with Gasteiger partial charge in [0.2, 0.25) is 5.91 Å². The fourth-order valence-electron chi connectivity index (χ4n) is 2.52. The molecule has 1 saturated heterocycles. The molecule has 0 aromatic carbocycles. The summed E-state index contributed by atoms with van der Waals surface area (Å²) in [5, 5.41) is 12.3. The van der Waals surface area contributed by atoms with Gasteiger partial charge in [-0.2, -0.15) is 0 Å². The highest BCUT2D eigenvalue weighted by molar-refractivity contribution is 5.79. The van der Waals surface area contributed by atoms with Gasteiger partial charge in [-0.15, -0.1) is 0 Å². The molecule has 110 valence electrons. The molecule has 0 radical (unpaired) electrons. The average Bonchev–Trinajstić information content (AvgIpc) is 2.71. The molecule has 5 heteroatoms. The van der Waals surface area contributed by atoms with E-state index in [1.807, 2.05) is 32.6 Å². The topological polar surface area (TPSA) is 69.6 Å². The van der Waals surface area contributed by atoms with E-state index >= 15 is 0 Å². The summed E-state index contributed by atoms with van der Waals surface area (Å²) in [4.78, 5) is 25.2. The zero-order valence-electron chi connectivity index (χ0n) is 12.4. The molecule has 1 fully saturated rings. The molecule has 1 amide bonds. The quantitative estimate of drug-likeness (QED) is 0.760. The van der Waals surface area contributed by atoms with Crippen LogP contribution in [0.1, 0.15) is 34.1 Å². The third-order valence-electron chi connectivity index (χ3n) is 3.99. The zero-order chi connectivity index (χ0) is 14.6. The van der Waals surface area contributed by atoms with Gasteiger partial charge in [-0.3, -0.25) is 14.5 Å². The third-order valence-corrected chi connectivity index (χ3v) is 3.99. The Bertz CT molecular complexity index is 342. The number of hydrogen-bond acceptors (Lipinski definition) is 3. The number of aliphatic carboxylic acids is 1. The Kier molecular flexibility index (Phi) is 5.35. The van der Waals surface area contributed by atoms with Gasteiger partial charge in [0.25, 0.3) is 0 Å². The predicted octanol–water partition coefficient (Wildman–Crippen LogP) is 1.19. The van der Waals surface area contributed by atoms with Crippen LogP contribution in [0.3, 0.4) is 0 Å². The molecule has 1 aliphatic rings. The van der Waals surface area contributed by atoms with E-state index in [-0.39, 0.29) is 11.8 Å². The van der Waals surface area contributed by atoms with Crippen molar-refractivity contribution in [2.75, 3.05) is 26.2 Å². The van der Waals surface area contributed by atoms with Crippen molar-refractivity contribution in [2.45, 2.75) is 34.1 Å². The lowest BCUT2D eigenvalue weighted by Crippen LogP contribution is -2.42. The normalized spacial score (nSPS) is 24.1. The molecule has 1 atom stereocenters. The van der Waals surface area contributed by atoms with Gasteiger partial charge in [-0.1, -0.05) is 27.7 Å². The summed E-state index contributed by atoms with van der Waals surface area (Å²) in [5.74, 6) is -0.253. The molecule has 19 heavy (non-hydrogen) atoms. The van der Waals surface area contributed by atoms with Crippen molar-refractivity contribution in [1.29, 1.82) is 0 Å². The van der Waals surface area contributed by atoms with Gasteiger partial charge >= 0.3 is 5.97 Å². The summed E-state index contributed by atoms with van der Waals surface area (Å²) in [7, 11) is 0. The molecule has 0 spiro atoms. The zero-order valence-corrected chi connectivity index (χ0v) is 12.4. The molecule has 0 aromatic rings. The van der Waals surface area contributed by atoms with Crippen molar-refractivity contribution in [1.82, 2.24) is 10.2 Å². The highest BCUT2D eigenvalue weighted by Gasteiger charge is 2.47. The maximum Gasteiger partial charge on any atom is 0.311 e. The summed E-state index contributed by atoms with van der Waals surface area (Å²) in [5.41, 5.74) is -0.696. The number of carbonyl (C=O) groups excluding carboxylic acids is 1. The molecule has 1 heterocycles. The number of rotatable bonds is 6. The monoisotopic (exact) mass is 270 g/mol. The molecule has 0 saturated carbocycles. The first-order chi connectivity index (χ1) is 8.78. The molecule has 0 bridgehead atoms. The Balaban J connectivity index is 2.51. The molecule has 1 aliphatic heterocycles. The van der Waals surface area contributed by atoms with Crippen LogP contribution in [0.5, 0.6) is 0 Å². The van der Waals surface area contributed by atoms with E-state index in [9.17, 15) is 14.7 Å². The van der Waals surface area contributed by atoms with Gasteiger partial charge in [-0.05, 0) is 24.8 Å². The van der Waals surface area contributed by atoms with Crippen molar-refractivity contribution in [3.05, 3.63) is 0 Å². The maximum absolute atomic E-state index is 11.8. The van der Waals surface area contributed by atoms with E-state index in [2.05, 4.69) is 5.32 Å². The first-order valence-corrected chi connectivity index (χ1v) is 7.00. The maximum atomic E-state index is 11.8. The Morgan fingerprint density at radius 2 is 1.95 bits per heavy atom.